The van der Waals surface area contributed by atoms with Crippen LogP contribution in [0.4, 0.5) is 11.6 Å². The first-order valence-electron chi connectivity index (χ1n) is 8.94. The highest BCUT2D eigenvalue weighted by atomic mass is 16.5. The van der Waals surface area contributed by atoms with E-state index in [2.05, 4.69) is 15.3 Å². The number of nitrogens with zero attached hydrogens (tertiary/aromatic N) is 4. The largest absolute Gasteiger partial charge is 0.494 e. The Kier molecular flexibility index (Phi) is 5.85. The number of hydrogen-bond donors (Lipinski definition) is 1. The van der Waals surface area contributed by atoms with Gasteiger partial charge >= 0.3 is 0 Å². The number of piperazine rings is 1. The molecule has 1 fully saturated rings. The van der Waals surface area contributed by atoms with Crippen molar-refractivity contribution in [3.63, 3.8) is 0 Å². The number of rotatable bonds is 5. The van der Waals surface area contributed by atoms with Crippen LogP contribution in [-0.2, 0) is 4.79 Å². The zero-order valence-electron chi connectivity index (χ0n) is 15.5. The van der Waals surface area contributed by atoms with Gasteiger partial charge in [0.15, 0.2) is 0 Å². The van der Waals surface area contributed by atoms with E-state index in [0.29, 0.717) is 44.4 Å². The van der Waals surface area contributed by atoms with Gasteiger partial charge in [-0.15, -0.1) is 0 Å². The van der Waals surface area contributed by atoms with E-state index in [-0.39, 0.29) is 11.8 Å². The molecule has 1 aliphatic rings. The Balaban J connectivity index is 1.64. The number of amides is 2. The second-order valence-electron chi connectivity index (χ2n) is 6.15. The van der Waals surface area contributed by atoms with Crippen LogP contribution in [0.5, 0.6) is 5.75 Å². The predicted octanol–water partition coefficient (Wildman–Crippen LogP) is 1.92. The van der Waals surface area contributed by atoms with Crippen LogP contribution in [0.25, 0.3) is 0 Å². The van der Waals surface area contributed by atoms with Gasteiger partial charge in [0.25, 0.3) is 5.91 Å². The molecule has 2 heterocycles. The van der Waals surface area contributed by atoms with Gasteiger partial charge in [0.05, 0.1) is 6.61 Å². The molecule has 2 amide bonds. The molecule has 1 aliphatic heterocycles. The molecule has 0 spiro atoms. The van der Waals surface area contributed by atoms with E-state index >= 15 is 0 Å². The van der Waals surface area contributed by atoms with E-state index in [0.717, 1.165) is 11.4 Å². The minimum Gasteiger partial charge on any atom is -0.494 e. The molecule has 1 aromatic carbocycles. The Hall–Kier alpha value is -3.16. The van der Waals surface area contributed by atoms with Crippen molar-refractivity contribution in [1.29, 1.82) is 0 Å². The highest BCUT2D eigenvalue weighted by molar-refractivity contribution is 5.92. The van der Waals surface area contributed by atoms with Crippen LogP contribution in [0, 0.1) is 0 Å². The highest BCUT2D eigenvalue weighted by Crippen LogP contribution is 2.18. The molecule has 0 saturated carbocycles. The number of benzene rings is 1. The molecular weight excluding hydrogens is 346 g/mol. The first-order chi connectivity index (χ1) is 13.1. The van der Waals surface area contributed by atoms with Crippen LogP contribution in [0.15, 0.2) is 36.5 Å². The number of anilines is 2. The van der Waals surface area contributed by atoms with Gasteiger partial charge in [-0.2, -0.15) is 0 Å². The molecular formula is C19H23N5O3. The lowest BCUT2D eigenvalue weighted by molar-refractivity contribution is -0.130. The van der Waals surface area contributed by atoms with Gasteiger partial charge < -0.3 is 19.9 Å². The van der Waals surface area contributed by atoms with E-state index < -0.39 is 0 Å². The lowest BCUT2D eigenvalue weighted by Crippen LogP contribution is -2.50. The van der Waals surface area contributed by atoms with E-state index in [1.54, 1.807) is 29.0 Å². The molecule has 0 unspecified atom stereocenters. The van der Waals surface area contributed by atoms with E-state index in [4.69, 9.17) is 4.74 Å². The summed E-state index contributed by atoms with van der Waals surface area (Å²) in [6, 6.07) is 9.04. The Bertz CT molecular complexity index is 801. The number of aromatic nitrogens is 2. The van der Waals surface area contributed by atoms with Crippen molar-refractivity contribution in [3.8, 4) is 5.75 Å². The average Bonchev–Trinajstić information content (AvgIpc) is 2.69. The van der Waals surface area contributed by atoms with Gasteiger partial charge in [-0.05, 0) is 37.3 Å². The summed E-state index contributed by atoms with van der Waals surface area (Å²) in [6.45, 7) is 6.19. The second kappa shape index (κ2) is 8.48. The van der Waals surface area contributed by atoms with Gasteiger partial charge in [-0.25, -0.2) is 9.97 Å². The maximum Gasteiger partial charge on any atom is 0.272 e. The summed E-state index contributed by atoms with van der Waals surface area (Å²) in [4.78, 5) is 36.1. The molecule has 3 rings (SSSR count). The van der Waals surface area contributed by atoms with Crippen molar-refractivity contribution in [1.82, 2.24) is 19.8 Å². The zero-order chi connectivity index (χ0) is 19.2. The van der Waals surface area contributed by atoms with Crippen molar-refractivity contribution >= 4 is 23.5 Å². The van der Waals surface area contributed by atoms with Crippen LogP contribution in [-0.4, -0.2) is 64.4 Å². The summed E-state index contributed by atoms with van der Waals surface area (Å²) in [6.07, 6.45) is 1.56. The number of ether oxygens (including phenoxy) is 1. The topological polar surface area (TPSA) is 87.7 Å². The Labute approximate surface area is 158 Å². The third-order valence-electron chi connectivity index (χ3n) is 4.31. The Morgan fingerprint density at radius 1 is 1.07 bits per heavy atom. The third kappa shape index (κ3) is 4.72. The molecule has 1 saturated heterocycles. The van der Waals surface area contributed by atoms with Crippen LogP contribution < -0.4 is 10.1 Å². The van der Waals surface area contributed by atoms with Crippen LogP contribution in [0.1, 0.15) is 24.3 Å². The molecule has 1 aromatic heterocycles. The van der Waals surface area contributed by atoms with Crippen molar-refractivity contribution < 1.29 is 14.3 Å². The van der Waals surface area contributed by atoms with Crippen molar-refractivity contribution in [3.05, 3.63) is 42.2 Å². The standard InChI is InChI=1S/C19H23N5O3/c1-3-27-16-6-4-15(5-7-16)21-19-20-9-8-17(22-19)18(26)24-12-10-23(11-13-24)14(2)25/h4-9H,3,10-13H2,1-2H3,(H,20,21,22). The number of carbonyl (C=O) groups is 2. The fourth-order valence-corrected chi connectivity index (χ4v) is 2.85. The number of nitrogens with one attached hydrogen (secondary N) is 1. The molecule has 1 N–H and O–H groups in total. The zero-order valence-corrected chi connectivity index (χ0v) is 15.5. The molecule has 0 aliphatic carbocycles. The first-order valence-corrected chi connectivity index (χ1v) is 8.94. The van der Waals surface area contributed by atoms with Gasteiger partial charge in [0.2, 0.25) is 11.9 Å². The van der Waals surface area contributed by atoms with Gasteiger partial charge in [0, 0.05) is 45.0 Å². The SMILES string of the molecule is CCOc1ccc(Nc2nccc(C(=O)N3CCN(C(C)=O)CC3)n2)cc1. The summed E-state index contributed by atoms with van der Waals surface area (Å²) in [5, 5.41) is 3.09. The molecule has 0 radical (unpaired) electrons. The van der Waals surface area contributed by atoms with Crippen molar-refractivity contribution in [2.45, 2.75) is 13.8 Å². The molecule has 142 valence electrons. The van der Waals surface area contributed by atoms with Crippen molar-refractivity contribution in [2.75, 3.05) is 38.1 Å². The summed E-state index contributed by atoms with van der Waals surface area (Å²) >= 11 is 0. The quantitative estimate of drug-likeness (QED) is 0.866. The molecule has 2 aromatic rings. The Morgan fingerprint density at radius 2 is 1.74 bits per heavy atom. The lowest BCUT2D eigenvalue weighted by atomic mass is 10.2. The van der Waals surface area contributed by atoms with Gasteiger partial charge in [0.1, 0.15) is 11.4 Å². The summed E-state index contributed by atoms with van der Waals surface area (Å²) in [5.74, 6) is 1.02. The van der Waals surface area contributed by atoms with Crippen molar-refractivity contribution in [2.24, 2.45) is 0 Å². The summed E-state index contributed by atoms with van der Waals surface area (Å²) in [7, 11) is 0. The lowest BCUT2D eigenvalue weighted by Gasteiger charge is -2.34. The van der Waals surface area contributed by atoms with Crippen LogP contribution in [0.3, 0.4) is 0 Å². The first kappa shape index (κ1) is 18.6. The average molecular weight is 369 g/mol. The molecule has 0 atom stereocenters. The maximum absolute atomic E-state index is 12.7. The Morgan fingerprint density at radius 3 is 2.37 bits per heavy atom. The van der Waals surface area contributed by atoms with E-state index in [1.165, 1.54) is 0 Å². The predicted molar refractivity (Wildman–Crippen MR) is 101 cm³/mol. The monoisotopic (exact) mass is 369 g/mol. The van der Waals surface area contributed by atoms with E-state index in [9.17, 15) is 9.59 Å². The fraction of sp³-hybridized carbons (Fsp3) is 0.368. The molecule has 0 bridgehead atoms. The molecule has 8 heteroatoms. The molecule has 8 nitrogen and oxygen atoms in total. The smallest absolute Gasteiger partial charge is 0.272 e. The third-order valence-corrected chi connectivity index (χ3v) is 4.31. The number of carbonyl (C=O) groups excluding carboxylic acids is 2. The normalized spacial score (nSPS) is 14.0. The molecule has 27 heavy (non-hydrogen) atoms. The van der Waals surface area contributed by atoms with Gasteiger partial charge in [-0.3, -0.25) is 9.59 Å². The van der Waals surface area contributed by atoms with Gasteiger partial charge in [-0.1, -0.05) is 0 Å². The van der Waals surface area contributed by atoms with Crippen LogP contribution in [0.2, 0.25) is 0 Å². The van der Waals surface area contributed by atoms with E-state index in [1.807, 2.05) is 31.2 Å². The minimum absolute atomic E-state index is 0.0333. The summed E-state index contributed by atoms with van der Waals surface area (Å²) in [5.41, 5.74) is 1.13. The minimum atomic E-state index is -0.157. The summed E-state index contributed by atoms with van der Waals surface area (Å²) < 4.78 is 5.42. The van der Waals surface area contributed by atoms with Crippen LogP contribution >= 0.6 is 0 Å². The second-order valence-corrected chi connectivity index (χ2v) is 6.15. The maximum atomic E-state index is 12.7. The fourth-order valence-electron chi connectivity index (χ4n) is 2.85. The number of hydrogen-bond acceptors (Lipinski definition) is 6. The highest BCUT2D eigenvalue weighted by Gasteiger charge is 2.24.